The molecule has 0 bridgehead atoms. The van der Waals surface area contributed by atoms with Crippen molar-refractivity contribution in [3.8, 4) is 0 Å². The van der Waals surface area contributed by atoms with Crippen LogP contribution in [0.15, 0.2) is 47.2 Å². The van der Waals surface area contributed by atoms with Gasteiger partial charge >= 0.3 is 0 Å². The smallest absolute Gasteiger partial charge is 0.0642 e. The molecule has 0 aromatic heterocycles. The lowest BCUT2D eigenvalue weighted by molar-refractivity contribution is 0.0517. The Bertz CT molecular complexity index is 647. The summed E-state index contributed by atoms with van der Waals surface area (Å²) in [4.78, 5) is 2.54. The molecule has 1 aromatic carbocycles. The van der Waals surface area contributed by atoms with Gasteiger partial charge in [-0.2, -0.15) is 0 Å². The highest BCUT2D eigenvalue weighted by atomic mass is 16.5. The van der Waals surface area contributed by atoms with Crippen LogP contribution in [0.3, 0.4) is 0 Å². The summed E-state index contributed by atoms with van der Waals surface area (Å²) < 4.78 is 5.51. The number of hydrogen-bond donors (Lipinski definition) is 0. The molecule has 0 spiro atoms. The highest BCUT2D eigenvalue weighted by Crippen LogP contribution is 2.45. The van der Waals surface area contributed by atoms with Gasteiger partial charge in [0.15, 0.2) is 0 Å². The van der Waals surface area contributed by atoms with E-state index in [1.807, 2.05) is 0 Å². The van der Waals surface area contributed by atoms with E-state index in [9.17, 15) is 0 Å². The molecule has 1 saturated heterocycles. The van der Waals surface area contributed by atoms with E-state index in [-0.39, 0.29) is 5.41 Å². The summed E-state index contributed by atoms with van der Waals surface area (Å²) in [7, 11) is 0. The fourth-order valence-electron chi connectivity index (χ4n) is 4.23. The first-order valence-corrected chi connectivity index (χ1v) is 8.46. The van der Waals surface area contributed by atoms with Crippen LogP contribution in [0.2, 0.25) is 0 Å². The molecule has 0 atom stereocenters. The van der Waals surface area contributed by atoms with E-state index >= 15 is 0 Å². The van der Waals surface area contributed by atoms with Gasteiger partial charge in [-0.15, -0.1) is 0 Å². The summed E-state index contributed by atoms with van der Waals surface area (Å²) in [5.41, 5.74) is 8.06. The number of fused-ring (bicyclic) bond motifs is 1. The Balaban J connectivity index is 1.65. The second-order valence-electron chi connectivity index (χ2n) is 7.34. The molecular formula is C20H25NO. The number of nitrogens with zero attached hydrogens (tertiary/aromatic N) is 1. The first-order valence-electron chi connectivity index (χ1n) is 8.46. The average Bonchev–Trinajstić information content (AvgIpc) is 2.53. The predicted molar refractivity (Wildman–Crippen MR) is 89.7 cm³/mol. The molecule has 4 rings (SSSR count). The third-order valence-electron chi connectivity index (χ3n) is 5.43. The van der Waals surface area contributed by atoms with Gasteiger partial charge in [-0.25, -0.2) is 0 Å². The molecule has 1 aromatic rings. The zero-order valence-corrected chi connectivity index (χ0v) is 13.7. The highest BCUT2D eigenvalue weighted by molar-refractivity contribution is 5.47. The van der Waals surface area contributed by atoms with Crippen molar-refractivity contribution in [2.24, 2.45) is 5.41 Å². The fourth-order valence-corrected chi connectivity index (χ4v) is 4.23. The lowest BCUT2D eigenvalue weighted by Crippen LogP contribution is -2.38. The van der Waals surface area contributed by atoms with Gasteiger partial charge in [0.2, 0.25) is 0 Å². The molecule has 1 aliphatic heterocycles. The van der Waals surface area contributed by atoms with Crippen molar-refractivity contribution in [3.05, 3.63) is 58.3 Å². The first-order chi connectivity index (χ1) is 10.6. The average molecular weight is 295 g/mol. The lowest BCUT2D eigenvalue weighted by atomic mass is 9.69. The van der Waals surface area contributed by atoms with Gasteiger partial charge in [0.1, 0.15) is 0 Å². The molecule has 2 aliphatic carbocycles. The van der Waals surface area contributed by atoms with E-state index in [0.29, 0.717) is 0 Å². The Kier molecular flexibility index (Phi) is 3.37. The van der Waals surface area contributed by atoms with Crippen molar-refractivity contribution in [3.63, 3.8) is 0 Å². The molecule has 116 valence electrons. The predicted octanol–water partition coefficient (Wildman–Crippen LogP) is 3.73. The standard InChI is InChI=1S/C20H25NO/c1-20(2)14-18(21-7-9-22-10-8-21)12-17-11-15-5-3-4-6-16(15)13-19(17)20/h3-6,14H,7-13H2,1-2H3. The second kappa shape index (κ2) is 5.27. The topological polar surface area (TPSA) is 12.5 Å². The molecule has 1 heterocycles. The van der Waals surface area contributed by atoms with Crippen LogP contribution in [-0.2, 0) is 17.6 Å². The normalized spacial score (nSPS) is 23.7. The summed E-state index contributed by atoms with van der Waals surface area (Å²) >= 11 is 0. The summed E-state index contributed by atoms with van der Waals surface area (Å²) in [6.45, 7) is 8.59. The summed E-state index contributed by atoms with van der Waals surface area (Å²) in [5.74, 6) is 0. The van der Waals surface area contributed by atoms with Gasteiger partial charge in [-0.3, -0.25) is 0 Å². The van der Waals surface area contributed by atoms with Crippen LogP contribution >= 0.6 is 0 Å². The Labute approximate surface area is 133 Å². The van der Waals surface area contributed by atoms with E-state index in [4.69, 9.17) is 4.74 Å². The van der Waals surface area contributed by atoms with Crippen LogP contribution in [0.5, 0.6) is 0 Å². The maximum Gasteiger partial charge on any atom is 0.0642 e. The van der Waals surface area contributed by atoms with E-state index in [0.717, 1.165) is 45.6 Å². The number of morpholine rings is 1. The molecule has 1 fully saturated rings. The quantitative estimate of drug-likeness (QED) is 0.732. The summed E-state index contributed by atoms with van der Waals surface area (Å²) in [6, 6.07) is 8.96. The Hall–Kier alpha value is -1.54. The largest absolute Gasteiger partial charge is 0.378 e. The minimum atomic E-state index is 0.175. The molecule has 2 nitrogen and oxygen atoms in total. The van der Waals surface area contributed by atoms with Gasteiger partial charge in [-0.1, -0.05) is 55.3 Å². The van der Waals surface area contributed by atoms with Gasteiger partial charge in [-0.05, 0) is 24.0 Å². The number of allylic oxidation sites excluding steroid dienone is 3. The maximum atomic E-state index is 5.51. The molecule has 0 radical (unpaired) electrons. The van der Waals surface area contributed by atoms with Crippen molar-refractivity contribution in [2.45, 2.75) is 33.1 Å². The lowest BCUT2D eigenvalue weighted by Gasteiger charge is -2.41. The molecule has 0 N–H and O–H groups in total. The van der Waals surface area contributed by atoms with Gasteiger partial charge in [0, 0.05) is 30.6 Å². The van der Waals surface area contributed by atoms with Gasteiger partial charge in [0.25, 0.3) is 0 Å². The van der Waals surface area contributed by atoms with Gasteiger partial charge in [0.05, 0.1) is 13.2 Å². The Morgan fingerprint density at radius 1 is 0.955 bits per heavy atom. The SMILES string of the molecule is CC1(C)C=C(N2CCOCC2)CC2=C1Cc1ccccc1C2. The van der Waals surface area contributed by atoms with Crippen molar-refractivity contribution >= 4 is 0 Å². The van der Waals surface area contributed by atoms with E-state index in [1.54, 1.807) is 11.1 Å². The fraction of sp³-hybridized carbons (Fsp3) is 0.500. The first kappa shape index (κ1) is 14.1. The molecule has 3 aliphatic rings. The number of benzene rings is 1. The monoisotopic (exact) mass is 295 g/mol. The second-order valence-corrected chi connectivity index (χ2v) is 7.34. The summed E-state index contributed by atoms with van der Waals surface area (Å²) in [5, 5.41) is 0. The number of hydrogen-bond acceptors (Lipinski definition) is 2. The minimum Gasteiger partial charge on any atom is -0.378 e. The van der Waals surface area contributed by atoms with Crippen molar-refractivity contribution < 1.29 is 4.74 Å². The van der Waals surface area contributed by atoms with Crippen LogP contribution < -0.4 is 0 Å². The highest BCUT2D eigenvalue weighted by Gasteiger charge is 2.33. The van der Waals surface area contributed by atoms with E-state index in [2.05, 4.69) is 49.1 Å². The maximum absolute atomic E-state index is 5.51. The van der Waals surface area contributed by atoms with E-state index < -0.39 is 0 Å². The van der Waals surface area contributed by atoms with Crippen LogP contribution in [-0.4, -0.2) is 31.2 Å². The Morgan fingerprint density at radius 3 is 2.36 bits per heavy atom. The van der Waals surface area contributed by atoms with Crippen molar-refractivity contribution in [1.82, 2.24) is 4.90 Å². The number of ether oxygens (including phenoxy) is 1. The zero-order chi connectivity index (χ0) is 15.2. The molecular weight excluding hydrogens is 270 g/mol. The molecule has 0 saturated carbocycles. The van der Waals surface area contributed by atoms with Crippen molar-refractivity contribution in [1.29, 1.82) is 0 Å². The molecule has 2 heteroatoms. The molecule has 0 amide bonds. The third kappa shape index (κ3) is 2.40. The van der Waals surface area contributed by atoms with E-state index in [1.165, 1.54) is 16.8 Å². The molecule has 22 heavy (non-hydrogen) atoms. The summed E-state index contributed by atoms with van der Waals surface area (Å²) in [6.07, 6.45) is 5.92. The van der Waals surface area contributed by atoms with Crippen LogP contribution in [0.1, 0.15) is 31.4 Å². The van der Waals surface area contributed by atoms with Crippen LogP contribution in [0.25, 0.3) is 0 Å². The minimum absolute atomic E-state index is 0.175. The molecule has 0 unspecified atom stereocenters. The number of rotatable bonds is 1. The van der Waals surface area contributed by atoms with Gasteiger partial charge < -0.3 is 9.64 Å². The van der Waals surface area contributed by atoms with Crippen LogP contribution in [0.4, 0.5) is 0 Å². The van der Waals surface area contributed by atoms with Crippen LogP contribution in [0, 0.1) is 5.41 Å². The Morgan fingerprint density at radius 2 is 1.64 bits per heavy atom. The third-order valence-corrected chi connectivity index (χ3v) is 5.43. The zero-order valence-electron chi connectivity index (χ0n) is 13.7. The van der Waals surface area contributed by atoms with Crippen molar-refractivity contribution in [2.75, 3.05) is 26.3 Å².